The van der Waals surface area contributed by atoms with Crippen LogP contribution in [0.25, 0.3) is 0 Å². The number of halogens is 1. The summed E-state index contributed by atoms with van der Waals surface area (Å²) >= 11 is 5.79. The van der Waals surface area contributed by atoms with Crippen LogP contribution in [0.2, 0.25) is 5.15 Å². The average molecular weight is 270 g/mol. The van der Waals surface area contributed by atoms with Crippen LogP contribution in [0.5, 0.6) is 0 Å². The zero-order valence-electron chi connectivity index (χ0n) is 10.2. The molecule has 1 heterocycles. The molecule has 18 heavy (non-hydrogen) atoms. The van der Waals surface area contributed by atoms with Crippen molar-refractivity contribution in [3.8, 4) is 0 Å². The van der Waals surface area contributed by atoms with Gasteiger partial charge in [-0.3, -0.25) is 10.1 Å². The van der Waals surface area contributed by atoms with E-state index in [0.717, 1.165) is 31.6 Å². The summed E-state index contributed by atoms with van der Waals surface area (Å²) in [5, 5.41) is 14.4. The van der Waals surface area contributed by atoms with Crippen molar-refractivity contribution >= 4 is 23.0 Å². The third-order valence-corrected chi connectivity index (χ3v) is 3.63. The Morgan fingerprint density at radius 2 is 2.11 bits per heavy atom. The average Bonchev–Trinajstić information content (AvgIpc) is 2.32. The summed E-state index contributed by atoms with van der Waals surface area (Å²) in [4.78, 5) is 14.2. The number of pyridine rings is 1. The maximum atomic E-state index is 10.9. The molecule has 1 aromatic rings. The van der Waals surface area contributed by atoms with Crippen LogP contribution in [0, 0.1) is 16.0 Å². The van der Waals surface area contributed by atoms with Crippen molar-refractivity contribution in [1.82, 2.24) is 4.98 Å². The van der Waals surface area contributed by atoms with E-state index in [1.165, 1.54) is 12.3 Å². The van der Waals surface area contributed by atoms with Crippen molar-refractivity contribution in [2.24, 2.45) is 5.92 Å². The highest BCUT2D eigenvalue weighted by atomic mass is 35.5. The summed E-state index contributed by atoms with van der Waals surface area (Å²) in [7, 11) is 0. The lowest BCUT2D eigenvalue weighted by molar-refractivity contribution is -0.384. The van der Waals surface area contributed by atoms with Crippen molar-refractivity contribution < 1.29 is 4.92 Å². The first kappa shape index (κ1) is 13.1. The van der Waals surface area contributed by atoms with Gasteiger partial charge in [0.2, 0.25) is 0 Å². The molecule has 0 saturated heterocycles. The Kier molecular flexibility index (Phi) is 4.01. The van der Waals surface area contributed by atoms with Crippen molar-refractivity contribution in [3.05, 3.63) is 27.5 Å². The first-order chi connectivity index (χ1) is 8.56. The summed E-state index contributed by atoms with van der Waals surface area (Å²) < 4.78 is 0. The second kappa shape index (κ2) is 5.52. The minimum atomic E-state index is -0.433. The van der Waals surface area contributed by atoms with E-state index in [4.69, 9.17) is 11.6 Å². The summed E-state index contributed by atoms with van der Waals surface area (Å²) in [6.45, 7) is 2.24. The summed E-state index contributed by atoms with van der Waals surface area (Å²) in [5.74, 6) is 0.749. The minimum Gasteiger partial charge on any atom is -0.377 e. The fourth-order valence-corrected chi connectivity index (χ4v) is 2.47. The molecule has 1 aromatic heterocycles. The Hall–Kier alpha value is -1.36. The molecular formula is C12H16ClN3O2. The van der Waals surface area contributed by atoms with Crippen LogP contribution < -0.4 is 5.32 Å². The molecule has 1 aliphatic rings. The lowest BCUT2D eigenvalue weighted by atomic mass is 9.87. The van der Waals surface area contributed by atoms with E-state index in [0.29, 0.717) is 11.7 Å². The second-order valence-electron chi connectivity index (χ2n) is 4.88. The topological polar surface area (TPSA) is 68.1 Å². The molecule has 1 N–H and O–H groups in total. The van der Waals surface area contributed by atoms with Gasteiger partial charge >= 0.3 is 5.69 Å². The Balaban J connectivity index is 2.12. The van der Waals surface area contributed by atoms with Crippen LogP contribution in [-0.4, -0.2) is 15.9 Å². The molecule has 0 atom stereocenters. The molecule has 0 aromatic carbocycles. The zero-order valence-corrected chi connectivity index (χ0v) is 11.0. The number of rotatable bonds is 3. The third-order valence-electron chi connectivity index (χ3n) is 3.42. The molecule has 0 aliphatic heterocycles. The van der Waals surface area contributed by atoms with Crippen LogP contribution in [0.3, 0.4) is 0 Å². The lowest BCUT2D eigenvalue weighted by Crippen LogP contribution is -2.25. The zero-order chi connectivity index (χ0) is 13.1. The summed E-state index contributed by atoms with van der Waals surface area (Å²) in [6, 6.07) is 1.82. The van der Waals surface area contributed by atoms with Gasteiger partial charge in [-0.2, -0.15) is 0 Å². The van der Waals surface area contributed by atoms with Gasteiger partial charge in [-0.25, -0.2) is 4.98 Å². The third kappa shape index (κ3) is 3.10. The second-order valence-corrected chi connectivity index (χ2v) is 5.27. The number of hydrogen-bond donors (Lipinski definition) is 1. The van der Waals surface area contributed by atoms with E-state index in [1.54, 1.807) is 0 Å². The monoisotopic (exact) mass is 269 g/mol. The number of nitro groups is 1. The molecule has 6 heteroatoms. The van der Waals surface area contributed by atoms with Gasteiger partial charge in [-0.05, 0) is 31.6 Å². The van der Waals surface area contributed by atoms with Gasteiger partial charge in [-0.15, -0.1) is 0 Å². The molecule has 5 nitrogen and oxygen atoms in total. The van der Waals surface area contributed by atoms with Crippen LogP contribution in [0.4, 0.5) is 11.4 Å². The van der Waals surface area contributed by atoms with Gasteiger partial charge in [0.15, 0.2) is 0 Å². The van der Waals surface area contributed by atoms with Crippen LogP contribution >= 0.6 is 11.6 Å². The maximum Gasteiger partial charge on any atom is 0.310 e. The fraction of sp³-hybridized carbons (Fsp3) is 0.583. The van der Waals surface area contributed by atoms with E-state index >= 15 is 0 Å². The highest BCUT2D eigenvalue weighted by molar-refractivity contribution is 6.29. The number of hydrogen-bond acceptors (Lipinski definition) is 4. The highest BCUT2D eigenvalue weighted by Crippen LogP contribution is 2.30. The molecule has 98 valence electrons. The van der Waals surface area contributed by atoms with Crippen LogP contribution in [0.1, 0.15) is 32.6 Å². The van der Waals surface area contributed by atoms with E-state index in [1.807, 2.05) is 0 Å². The minimum absolute atomic E-state index is 0.0157. The van der Waals surface area contributed by atoms with Crippen molar-refractivity contribution in [2.75, 3.05) is 5.32 Å². The predicted octanol–water partition coefficient (Wildman–Crippen LogP) is 3.63. The maximum absolute atomic E-state index is 10.9. The van der Waals surface area contributed by atoms with Gasteiger partial charge in [-0.1, -0.05) is 18.5 Å². The normalized spacial score (nSPS) is 23.7. The number of anilines is 1. The molecule has 0 amide bonds. The van der Waals surface area contributed by atoms with Crippen molar-refractivity contribution in [2.45, 2.75) is 38.6 Å². The SMILES string of the molecule is C[C@H]1CC[C@H](Nc2cc(Cl)ncc2[N+](=O)[O-])CC1. The van der Waals surface area contributed by atoms with Gasteiger partial charge in [0.25, 0.3) is 0 Å². The van der Waals surface area contributed by atoms with E-state index in [2.05, 4.69) is 17.2 Å². The van der Waals surface area contributed by atoms with Gasteiger partial charge in [0, 0.05) is 12.1 Å². The molecule has 1 aliphatic carbocycles. The lowest BCUT2D eigenvalue weighted by Gasteiger charge is -2.27. The Bertz CT molecular complexity index is 445. The number of nitrogens with one attached hydrogen (secondary N) is 1. The molecular weight excluding hydrogens is 254 g/mol. The van der Waals surface area contributed by atoms with E-state index < -0.39 is 4.92 Å². The molecule has 0 radical (unpaired) electrons. The van der Waals surface area contributed by atoms with E-state index in [9.17, 15) is 10.1 Å². The van der Waals surface area contributed by atoms with Crippen LogP contribution in [0.15, 0.2) is 12.3 Å². The molecule has 0 bridgehead atoms. The van der Waals surface area contributed by atoms with Gasteiger partial charge in [0.05, 0.1) is 4.92 Å². The van der Waals surface area contributed by atoms with E-state index in [-0.39, 0.29) is 10.8 Å². The Morgan fingerprint density at radius 3 is 2.72 bits per heavy atom. The largest absolute Gasteiger partial charge is 0.377 e. The molecule has 1 saturated carbocycles. The molecule has 0 spiro atoms. The fourth-order valence-electron chi connectivity index (χ4n) is 2.31. The predicted molar refractivity (Wildman–Crippen MR) is 70.9 cm³/mol. The molecule has 0 unspecified atom stereocenters. The van der Waals surface area contributed by atoms with Gasteiger partial charge in [0.1, 0.15) is 17.0 Å². The molecule has 2 rings (SSSR count). The Labute approximate surface area is 111 Å². The highest BCUT2D eigenvalue weighted by Gasteiger charge is 2.22. The summed E-state index contributed by atoms with van der Waals surface area (Å²) in [6.07, 6.45) is 5.60. The smallest absolute Gasteiger partial charge is 0.310 e. The molecule has 1 fully saturated rings. The Morgan fingerprint density at radius 1 is 1.44 bits per heavy atom. The van der Waals surface area contributed by atoms with Crippen molar-refractivity contribution in [1.29, 1.82) is 0 Å². The van der Waals surface area contributed by atoms with Gasteiger partial charge < -0.3 is 5.32 Å². The quantitative estimate of drug-likeness (QED) is 0.517. The first-order valence-corrected chi connectivity index (χ1v) is 6.50. The standard InChI is InChI=1S/C12H16ClN3O2/c1-8-2-4-9(5-3-8)15-10-6-12(13)14-7-11(10)16(17)18/h6-9H,2-5H2,1H3,(H,14,15)/t8-,9-. The van der Waals surface area contributed by atoms with Crippen molar-refractivity contribution in [3.63, 3.8) is 0 Å². The first-order valence-electron chi connectivity index (χ1n) is 6.12. The summed E-state index contributed by atoms with van der Waals surface area (Å²) in [5.41, 5.74) is 0.456. The number of nitrogens with zero attached hydrogens (tertiary/aromatic N) is 2. The number of aromatic nitrogens is 1. The van der Waals surface area contributed by atoms with Crippen LogP contribution in [-0.2, 0) is 0 Å².